The molecule has 0 fully saturated rings. The molecule has 0 saturated carbocycles. The maximum Gasteiger partial charge on any atom is 0.131 e. The van der Waals surface area contributed by atoms with Gasteiger partial charge in [-0.25, -0.2) is 0 Å². The van der Waals surface area contributed by atoms with Crippen LogP contribution in [-0.4, -0.2) is 54.1 Å². The Morgan fingerprint density at radius 3 is 0.920 bits per heavy atom. The average molecular weight is 1540 g/mol. The first kappa shape index (κ1) is 97.7. The molecule has 10 nitrogen and oxygen atoms in total. The van der Waals surface area contributed by atoms with Crippen molar-refractivity contribution >= 4 is 12.2 Å². The van der Waals surface area contributed by atoms with Gasteiger partial charge >= 0.3 is 0 Å². The Kier molecular flexibility index (Phi) is 46.0. The zero-order chi connectivity index (χ0) is 83.3. The summed E-state index contributed by atoms with van der Waals surface area (Å²) in [6.07, 6.45) is 55.1. The first-order valence-corrected chi connectivity index (χ1v) is 42.3. The minimum atomic E-state index is -0.298. The highest BCUT2D eigenvalue weighted by atomic mass is 16.5. The number of hydrogen-bond donors (Lipinski definition) is 7. The van der Waals surface area contributed by atoms with Crippen molar-refractivity contribution in [3.8, 4) is 57.5 Å². The SMILES string of the molecule is CCCCCc1cc(O)c(C/C=C(\C)CCC=C(C)C)c(O)c1.CCCCCc1cc(O)c(C/C=C(\C)CCC=C(C)C)c(OC)c1.CCCCCc1cc(O)c2c(c1)OC(C)(CCC=C(C)C)C=C2.CCCc1cc(O)c(C/C=C(\C)CCC=C(C)C)c(O)c1.CCCc1cc(O)c2c(c1)OC(C)(CCC=C(C)C)C=C2. The molecular formula is C102H150O10. The summed E-state index contributed by atoms with van der Waals surface area (Å²) >= 11 is 0. The predicted octanol–water partition coefficient (Wildman–Crippen LogP) is 29.0. The molecule has 0 aromatic heterocycles. The maximum atomic E-state index is 10.4. The molecule has 0 amide bonds. The highest BCUT2D eigenvalue weighted by Crippen LogP contribution is 2.42. The Morgan fingerprint density at radius 1 is 0.330 bits per heavy atom. The Morgan fingerprint density at radius 2 is 0.607 bits per heavy atom. The van der Waals surface area contributed by atoms with Crippen LogP contribution in [0, 0.1) is 0 Å². The zero-order valence-electron chi connectivity index (χ0n) is 73.6. The van der Waals surface area contributed by atoms with Gasteiger partial charge in [-0.3, -0.25) is 0 Å². The quantitative estimate of drug-likeness (QED) is 0.0149. The predicted molar refractivity (Wildman–Crippen MR) is 480 cm³/mol. The van der Waals surface area contributed by atoms with E-state index in [2.05, 4.69) is 217 Å². The van der Waals surface area contributed by atoms with Crippen molar-refractivity contribution in [2.24, 2.45) is 0 Å². The minimum Gasteiger partial charge on any atom is -0.508 e. The number of ether oxygens (including phenoxy) is 3. The van der Waals surface area contributed by atoms with Crippen LogP contribution < -0.4 is 14.2 Å². The summed E-state index contributed by atoms with van der Waals surface area (Å²) in [6.45, 7) is 42.5. The van der Waals surface area contributed by atoms with E-state index in [0.717, 1.165) is 190 Å². The monoisotopic (exact) mass is 1540 g/mol. The molecule has 2 heterocycles. The molecule has 0 bridgehead atoms. The summed E-state index contributed by atoms with van der Waals surface area (Å²) in [6, 6.07) is 19.0. The van der Waals surface area contributed by atoms with Gasteiger partial charge in [0.15, 0.2) is 0 Å². The van der Waals surface area contributed by atoms with Gasteiger partial charge in [-0.05, 0) is 351 Å². The van der Waals surface area contributed by atoms with Gasteiger partial charge in [0.2, 0.25) is 0 Å². The van der Waals surface area contributed by atoms with Crippen LogP contribution in [0.5, 0.6) is 57.5 Å². The number of phenolic OH excluding ortho intramolecular Hbond substituents is 7. The summed E-state index contributed by atoms with van der Waals surface area (Å²) in [5.41, 5.74) is 19.2. The van der Waals surface area contributed by atoms with E-state index in [1.807, 2.05) is 30.4 Å². The Balaban J connectivity index is 0.000000363. The van der Waals surface area contributed by atoms with E-state index in [1.54, 1.807) is 31.4 Å². The number of methoxy groups -OCH3 is 1. The van der Waals surface area contributed by atoms with Crippen molar-refractivity contribution in [1.29, 1.82) is 0 Å². The molecule has 0 saturated heterocycles. The van der Waals surface area contributed by atoms with Crippen LogP contribution in [0.4, 0.5) is 0 Å². The summed E-state index contributed by atoms with van der Waals surface area (Å²) in [5.74, 6) is 4.26. The van der Waals surface area contributed by atoms with Crippen molar-refractivity contribution in [2.45, 2.75) is 336 Å². The van der Waals surface area contributed by atoms with Gasteiger partial charge in [0.25, 0.3) is 0 Å². The number of aryl methyl sites for hydroxylation is 5. The van der Waals surface area contributed by atoms with Gasteiger partial charge in [0.1, 0.15) is 68.7 Å². The first-order chi connectivity index (χ1) is 53.2. The summed E-state index contributed by atoms with van der Waals surface area (Å²) in [7, 11) is 1.68. The molecule has 112 heavy (non-hydrogen) atoms. The van der Waals surface area contributed by atoms with Gasteiger partial charge in [0.05, 0.1) is 18.2 Å². The number of aromatic hydroxyl groups is 7. The Hall–Kier alpha value is -8.50. The zero-order valence-corrected chi connectivity index (χ0v) is 73.6. The number of allylic oxidation sites excluding steroid dienone is 16. The summed E-state index contributed by atoms with van der Waals surface area (Å²) in [5, 5.41) is 71.3. The van der Waals surface area contributed by atoms with Crippen molar-refractivity contribution in [1.82, 2.24) is 0 Å². The lowest BCUT2D eigenvalue weighted by Gasteiger charge is -2.32. The van der Waals surface area contributed by atoms with Crippen LogP contribution >= 0.6 is 0 Å². The highest BCUT2D eigenvalue weighted by Gasteiger charge is 2.30. The van der Waals surface area contributed by atoms with E-state index < -0.39 is 0 Å². The van der Waals surface area contributed by atoms with E-state index >= 15 is 0 Å². The molecule has 0 aliphatic carbocycles. The largest absolute Gasteiger partial charge is 0.508 e. The Labute approximate surface area is 680 Å². The number of phenols is 7. The molecule has 2 aliphatic heterocycles. The number of rotatable bonds is 38. The molecule has 5 aromatic carbocycles. The standard InChI is InChI=1S/C22H34O2.C21H30O2.C21H32O2.C19H26O2.C19H28O2/c1-6-7-8-12-19-15-21(23)20(22(16-19)24-5)14-13-18(4)11-9-10-17(2)3;1-5-6-7-10-17-14-19(22)18-11-13-21(4,23-20(18)15-17)12-8-9-16(2)3;1-5-6-7-11-18-14-20(22)19(21(23)15-18)13-12-17(4)10-8-9-16(2)3;1-5-7-15-12-17(20)16-9-11-19(4,21-18(16)13-15)10-6-8-14(2)3;1-5-7-16-12-18(20)17(19(21)13-16)11-10-15(4)9-6-8-14(2)3/h10,13,15-16,23H,6-9,11-12,14H2,1-5H3;9,11,13-15,22H,5-8,10,12H2,1-4H3;9,12,14-15,22-23H,5-8,10-11,13H2,1-4H3;8-9,11-13,20H,5-7,10H2,1-4H3;8,10,12-13,20-21H,5-7,9,11H2,1-4H3/b18-13+;;17-12+;;15-10+. The van der Waals surface area contributed by atoms with Crippen molar-refractivity contribution in [3.63, 3.8) is 0 Å². The highest BCUT2D eigenvalue weighted by molar-refractivity contribution is 5.69. The van der Waals surface area contributed by atoms with Gasteiger partial charge in [-0.1, -0.05) is 179 Å². The lowest BCUT2D eigenvalue weighted by atomic mass is 9.93. The van der Waals surface area contributed by atoms with Crippen molar-refractivity contribution < 1.29 is 50.0 Å². The molecule has 0 radical (unpaired) electrons. The molecule has 7 N–H and O–H groups in total. The van der Waals surface area contributed by atoms with Crippen molar-refractivity contribution in [2.75, 3.05) is 7.11 Å². The van der Waals surface area contributed by atoms with Gasteiger partial charge in [-0.15, -0.1) is 0 Å². The second-order valence-electron chi connectivity index (χ2n) is 32.8. The minimum absolute atomic E-state index is 0.201. The van der Waals surface area contributed by atoms with Gasteiger partial charge in [-0.2, -0.15) is 0 Å². The van der Waals surface area contributed by atoms with E-state index in [0.29, 0.717) is 47.6 Å². The number of fused-ring (bicyclic) bond motifs is 2. The van der Waals surface area contributed by atoms with Crippen LogP contribution in [0.15, 0.2) is 166 Å². The smallest absolute Gasteiger partial charge is 0.131 e. The molecule has 2 unspecified atom stereocenters. The fraction of sp³-hybridized carbons (Fsp3) is 0.510. The average Bonchev–Trinajstić information content (AvgIpc) is 0.788. The van der Waals surface area contributed by atoms with Crippen molar-refractivity contribution in [3.05, 3.63) is 222 Å². The third kappa shape index (κ3) is 38.3. The topological polar surface area (TPSA) is 169 Å². The Bertz CT molecular complexity index is 3940. The molecule has 10 heteroatoms. The molecule has 2 atom stereocenters. The van der Waals surface area contributed by atoms with Crippen LogP contribution in [-0.2, 0) is 51.4 Å². The number of hydrogen-bond acceptors (Lipinski definition) is 10. The van der Waals surface area contributed by atoms with Gasteiger partial charge < -0.3 is 50.0 Å². The lowest BCUT2D eigenvalue weighted by molar-refractivity contribution is 0.127. The molecular weight excluding hydrogens is 1390 g/mol. The third-order valence-electron chi connectivity index (χ3n) is 20.2. The number of unbranched alkanes of at least 4 members (excludes halogenated alkanes) is 6. The molecule has 0 spiro atoms. The van der Waals surface area contributed by atoms with E-state index in [4.69, 9.17) is 14.2 Å². The summed E-state index contributed by atoms with van der Waals surface area (Å²) < 4.78 is 18.0. The van der Waals surface area contributed by atoms with Gasteiger partial charge in [0, 0.05) is 16.7 Å². The molecule has 2 aliphatic rings. The number of benzene rings is 5. The van der Waals surface area contributed by atoms with E-state index in [1.165, 1.54) is 83.1 Å². The normalized spacial score (nSPS) is 14.6. The molecule has 618 valence electrons. The third-order valence-corrected chi connectivity index (χ3v) is 20.2. The fourth-order valence-electron chi connectivity index (χ4n) is 13.3. The van der Waals surface area contributed by atoms with Crippen LogP contribution in [0.2, 0.25) is 0 Å². The summed E-state index contributed by atoms with van der Waals surface area (Å²) in [4.78, 5) is 0. The lowest BCUT2D eigenvalue weighted by Crippen LogP contribution is -2.31. The second-order valence-corrected chi connectivity index (χ2v) is 32.8. The molecule has 5 aromatic rings. The fourth-order valence-corrected chi connectivity index (χ4v) is 13.3. The maximum absolute atomic E-state index is 10.4. The van der Waals surface area contributed by atoms with E-state index in [9.17, 15) is 35.7 Å². The van der Waals surface area contributed by atoms with Crippen LogP contribution in [0.1, 0.15) is 329 Å². The van der Waals surface area contributed by atoms with Crippen LogP contribution in [0.3, 0.4) is 0 Å². The molecule has 7 rings (SSSR count). The van der Waals surface area contributed by atoms with Crippen LogP contribution in [0.25, 0.3) is 12.2 Å². The second kappa shape index (κ2) is 52.7. The van der Waals surface area contributed by atoms with E-state index in [-0.39, 0.29) is 34.2 Å². The first-order valence-electron chi connectivity index (χ1n) is 42.3.